The first kappa shape index (κ1) is 32.1. The number of nitrogens with zero attached hydrogens (tertiary/aromatic N) is 1. The molecule has 0 atom stereocenters. The van der Waals surface area contributed by atoms with Gasteiger partial charge in [0, 0.05) is 21.4 Å². The van der Waals surface area contributed by atoms with E-state index in [1.807, 2.05) is 6.92 Å². The molecule has 0 unspecified atom stereocenters. The number of hydrogen-bond donors (Lipinski definition) is 2. The van der Waals surface area contributed by atoms with Crippen molar-refractivity contribution in [3.63, 3.8) is 0 Å². The molecule has 12 heteroatoms. The summed E-state index contributed by atoms with van der Waals surface area (Å²) in [6.07, 6.45) is 0. The fourth-order valence-corrected chi connectivity index (χ4v) is 7.21. The van der Waals surface area contributed by atoms with E-state index in [4.69, 9.17) is 23.2 Å². The Morgan fingerprint density at radius 1 is 0.667 bits per heavy atom. The third-order valence-electron chi connectivity index (χ3n) is 6.78. The first-order valence-electron chi connectivity index (χ1n) is 13.5. The van der Waals surface area contributed by atoms with Gasteiger partial charge in [0.1, 0.15) is 0 Å². The van der Waals surface area contributed by atoms with Gasteiger partial charge in [-0.2, -0.15) is 0 Å². The van der Waals surface area contributed by atoms with Gasteiger partial charge in [-0.15, -0.1) is 0 Å². The van der Waals surface area contributed by atoms with E-state index < -0.39 is 26.0 Å². The Morgan fingerprint density at radius 3 is 1.82 bits per heavy atom. The van der Waals surface area contributed by atoms with E-state index in [1.165, 1.54) is 46.8 Å². The number of para-hydroxylation sites is 1. The van der Waals surface area contributed by atoms with Gasteiger partial charge in [-0.3, -0.25) is 13.8 Å². The molecule has 0 aliphatic rings. The molecule has 0 saturated heterocycles. The lowest BCUT2D eigenvalue weighted by atomic mass is 10.1. The lowest BCUT2D eigenvalue weighted by molar-refractivity contribution is 0.102. The summed E-state index contributed by atoms with van der Waals surface area (Å²) < 4.78 is 57.4. The number of aryl methyl sites for hydroxylation is 1. The predicted molar refractivity (Wildman–Crippen MR) is 179 cm³/mol. The van der Waals surface area contributed by atoms with E-state index in [2.05, 4.69) is 10.0 Å². The van der Waals surface area contributed by atoms with Crippen LogP contribution in [0.15, 0.2) is 131 Å². The first-order valence-corrected chi connectivity index (χ1v) is 17.2. The van der Waals surface area contributed by atoms with E-state index in [9.17, 15) is 21.6 Å². The maximum Gasteiger partial charge on any atom is 0.264 e. The molecule has 0 saturated carbocycles. The number of anilines is 3. The molecule has 0 bridgehead atoms. The molecule has 8 nitrogen and oxygen atoms in total. The summed E-state index contributed by atoms with van der Waals surface area (Å²) in [5.74, 6) is -0.583. The quantitative estimate of drug-likeness (QED) is 0.157. The van der Waals surface area contributed by atoms with Gasteiger partial charge in [-0.1, -0.05) is 65.2 Å². The van der Waals surface area contributed by atoms with Crippen molar-refractivity contribution in [2.75, 3.05) is 14.3 Å². The fraction of sp³-hybridized carbons (Fsp3) is 0.0606. The number of carbonyl (C=O) groups excluding carboxylic acids is 1. The van der Waals surface area contributed by atoms with Crippen molar-refractivity contribution in [2.24, 2.45) is 0 Å². The molecule has 5 aromatic carbocycles. The fourth-order valence-electron chi connectivity index (χ4n) is 4.42. The van der Waals surface area contributed by atoms with Crippen LogP contribution in [0.4, 0.5) is 17.1 Å². The van der Waals surface area contributed by atoms with Gasteiger partial charge in [0.25, 0.3) is 26.0 Å². The lowest BCUT2D eigenvalue weighted by Crippen LogP contribution is -2.32. The second-order valence-corrected chi connectivity index (χ2v) is 14.5. The zero-order chi connectivity index (χ0) is 32.2. The first-order chi connectivity index (χ1) is 21.4. The number of halogens is 2. The molecule has 2 N–H and O–H groups in total. The number of nitrogens with one attached hydrogen (secondary N) is 2. The monoisotopic (exact) mass is 679 g/mol. The van der Waals surface area contributed by atoms with Crippen LogP contribution in [0.2, 0.25) is 10.0 Å². The average Bonchev–Trinajstić information content (AvgIpc) is 3.02. The van der Waals surface area contributed by atoms with Gasteiger partial charge in [0.15, 0.2) is 0 Å². The van der Waals surface area contributed by atoms with Crippen molar-refractivity contribution in [1.29, 1.82) is 0 Å². The molecule has 0 aliphatic carbocycles. The van der Waals surface area contributed by atoms with E-state index >= 15 is 0 Å². The number of hydrogen-bond acceptors (Lipinski definition) is 5. The van der Waals surface area contributed by atoms with Crippen LogP contribution < -0.4 is 14.3 Å². The van der Waals surface area contributed by atoms with Gasteiger partial charge in [-0.25, -0.2) is 16.8 Å². The maximum absolute atomic E-state index is 14.0. The van der Waals surface area contributed by atoms with Crippen molar-refractivity contribution < 1.29 is 21.6 Å². The Balaban J connectivity index is 1.43. The number of benzene rings is 5. The van der Waals surface area contributed by atoms with Crippen molar-refractivity contribution in [3.05, 3.63) is 148 Å². The summed E-state index contributed by atoms with van der Waals surface area (Å²) in [5, 5.41) is 3.73. The molecule has 0 fully saturated rings. The Hall–Kier alpha value is -4.35. The Kier molecular flexibility index (Phi) is 9.50. The van der Waals surface area contributed by atoms with Crippen LogP contribution in [0.1, 0.15) is 21.5 Å². The van der Waals surface area contributed by atoms with Crippen LogP contribution >= 0.6 is 23.2 Å². The molecule has 0 aliphatic heterocycles. The zero-order valence-corrected chi connectivity index (χ0v) is 27.0. The third-order valence-corrected chi connectivity index (χ3v) is 10.5. The van der Waals surface area contributed by atoms with Gasteiger partial charge in [-0.05, 0) is 97.4 Å². The summed E-state index contributed by atoms with van der Waals surface area (Å²) in [5.41, 5.74) is 2.48. The standard InChI is InChI=1S/C33H27Cl2N3O5S2/c1-23-6-18-30(19-7-23)45(42,43)38(22-24-8-10-25(34)11-9-24)32-5-3-2-4-31(32)33(39)36-27-16-20-29(21-17-27)44(40,41)37-28-14-12-26(35)13-15-28/h2-21,37H,22H2,1H3,(H,36,39). The normalized spacial score (nSPS) is 11.5. The third kappa shape index (κ3) is 7.66. The van der Waals surface area contributed by atoms with Crippen LogP contribution in [0, 0.1) is 6.92 Å². The molecule has 0 heterocycles. The maximum atomic E-state index is 14.0. The minimum absolute atomic E-state index is 0.0193. The molecule has 0 aromatic heterocycles. The van der Waals surface area contributed by atoms with Crippen LogP contribution in [0.25, 0.3) is 0 Å². The molecular weight excluding hydrogens is 653 g/mol. The number of amides is 1. The van der Waals surface area contributed by atoms with Crippen LogP contribution in [0.5, 0.6) is 0 Å². The van der Waals surface area contributed by atoms with Gasteiger partial charge >= 0.3 is 0 Å². The van der Waals surface area contributed by atoms with Crippen LogP contribution in [-0.4, -0.2) is 22.7 Å². The van der Waals surface area contributed by atoms with Gasteiger partial charge in [0.05, 0.1) is 27.6 Å². The highest BCUT2D eigenvalue weighted by atomic mass is 35.5. The summed E-state index contributed by atoms with van der Waals surface area (Å²) in [4.78, 5) is 13.7. The van der Waals surface area contributed by atoms with Gasteiger partial charge in [0.2, 0.25) is 0 Å². The highest BCUT2D eigenvalue weighted by Crippen LogP contribution is 2.31. The minimum Gasteiger partial charge on any atom is -0.322 e. The second kappa shape index (κ2) is 13.3. The highest BCUT2D eigenvalue weighted by molar-refractivity contribution is 7.93. The largest absolute Gasteiger partial charge is 0.322 e. The average molecular weight is 681 g/mol. The zero-order valence-electron chi connectivity index (χ0n) is 23.8. The van der Waals surface area contributed by atoms with Crippen LogP contribution in [-0.2, 0) is 26.6 Å². The lowest BCUT2D eigenvalue weighted by Gasteiger charge is -2.27. The second-order valence-electron chi connectivity index (χ2n) is 10.1. The topological polar surface area (TPSA) is 113 Å². The highest BCUT2D eigenvalue weighted by Gasteiger charge is 2.29. The molecule has 230 valence electrons. The molecular formula is C33H27Cl2N3O5S2. The molecule has 0 spiro atoms. The Labute approximate surface area is 272 Å². The SMILES string of the molecule is Cc1ccc(S(=O)(=O)N(Cc2ccc(Cl)cc2)c2ccccc2C(=O)Nc2ccc(S(=O)(=O)Nc3ccc(Cl)cc3)cc2)cc1. The van der Waals surface area contributed by atoms with Crippen molar-refractivity contribution >= 4 is 66.2 Å². The summed E-state index contributed by atoms with van der Waals surface area (Å²) in [7, 11) is -8.03. The predicted octanol–water partition coefficient (Wildman–Crippen LogP) is 7.75. The Bertz CT molecular complexity index is 2040. The Morgan fingerprint density at radius 2 is 1.20 bits per heavy atom. The number of sulfonamides is 2. The molecule has 0 radical (unpaired) electrons. The number of carbonyl (C=O) groups is 1. The van der Waals surface area contributed by atoms with Crippen molar-refractivity contribution in [3.8, 4) is 0 Å². The summed E-state index contributed by atoms with van der Waals surface area (Å²) in [6, 6.07) is 31.5. The van der Waals surface area contributed by atoms with E-state index in [-0.39, 0.29) is 27.6 Å². The smallest absolute Gasteiger partial charge is 0.264 e. The summed E-state index contributed by atoms with van der Waals surface area (Å²) >= 11 is 11.9. The molecule has 45 heavy (non-hydrogen) atoms. The van der Waals surface area contributed by atoms with E-state index in [0.717, 1.165) is 5.56 Å². The van der Waals surface area contributed by atoms with E-state index in [1.54, 1.807) is 78.9 Å². The number of rotatable bonds is 10. The van der Waals surface area contributed by atoms with Gasteiger partial charge < -0.3 is 5.32 Å². The van der Waals surface area contributed by atoms with Crippen molar-refractivity contribution in [2.45, 2.75) is 23.3 Å². The molecule has 5 rings (SSSR count). The van der Waals surface area contributed by atoms with Crippen LogP contribution in [0.3, 0.4) is 0 Å². The molecule has 1 amide bonds. The molecule has 5 aromatic rings. The minimum atomic E-state index is -4.12. The van der Waals surface area contributed by atoms with Crippen molar-refractivity contribution in [1.82, 2.24) is 0 Å². The van der Waals surface area contributed by atoms with E-state index in [0.29, 0.717) is 27.0 Å². The summed E-state index contributed by atoms with van der Waals surface area (Å²) in [6.45, 7) is 1.80.